The molecule has 1 amide bonds. The van der Waals surface area contributed by atoms with Crippen molar-refractivity contribution in [3.8, 4) is 5.75 Å². The van der Waals surface area contributed by atoms with Crippen LogP contribution in [0.1, 0.15) is 18.4 Å². The summed E-state index contributed by atoms with van der Waals surface area (Å²) in [6.45, 7) is 2.78. The zero-order chi connectivity index (χ0) is 21.5. The lowest BCUT2D eigenvalue weighted by Crippen LogP contribution is -2.31. The number of hydrogen-bond acceptors (Lipinski definition) is 4. The van der Waals surface area contributed by atoms with Gasteiger partial charge in [0.15, 0.2) is 6.61 Å². The normalized spacial score (nSPS) is 13.1. The van der Waals surface area contributed by atoms with Crippen molar-refractivity contribution in [2.75, 3.05) is 37.0 Å². The smallest absolute Gasteiger partial charge is 0.260 e. The quantitative estimate of drug-likeness (QED) is 0.558. The summed E-state index contributed by atoms with van der Waals surface area (Å²) >= 11 is 0. The van der Waals surface area contributed by atoms with Gasteiger partial charge in [-0.2, -0.15) is 0 Å². The summed E-state index contributed by atoms with van der Waals surface area (Å²) in [4.78, 5) is 16.8. The Kier molecular flexibility index (Phi) is 6.72. The number of anilines is 3. The van der Waals surface area contributed by atoms with Gasteiger partial charge in [-0.15, -0.1) is 0 Å². The molecule has 1 heterocycles. The zero-order valence-electron chi connectivity index (χ0n) is 18.0. The lowest BCUT2D eigenvalue weighted by Gasteiger charge is -2.24. The summed E-state index contributed by atoms with van der Waals surface area (Å²) in [6.07, 6.45) is 2.47. The number of nitrogens with zero attached hydrogens (tertiary/aromatic N) is 2. The number of rotatable bonds is 8. The van der Waals surface area contributed by atoms with E-state index in [2.05, 4.69) is 28.4 Å². The second kappa shape index (κ2) is 10.0. The highest BCUT2D eigenvalue weighted by atomic mass is 16.5. The number of benzene rings is 3. The van der Waals surface area contributed by atoms with Crippen molar-refractivity contribution < 1.29 is 9.53 Å². The molecule has 0 unspecified atom stereocenters. The van der Waals surface area contributed by atoms with Gasteiger partial charge >= 0.3 is 0 Å². The van der Waals surface area contributed by atoms with Crippen molar-refractivity contribution >= 4 is 23.0 Å². The molecule has 5 nitrogen and oxygen atoms in total. The lowest BCUT2D eigenvalue weighted by molar-refractivity contribution is -0.132. The van der Waals surface area contributed by atoms with Gasteiger partial charge in [0, 0.05) is 43.7 Å². The standard InChI is InChI=1S/C26H29N3O2/c1-28(19-21-9-5-6-12-25(21)29-17-7-8-18-29)26(30)20-31-24-15-13-23(14-16-24)27-22-10-3-2-4-11-22/h2-6,9-16,27H,7-8,17-20H2,1H3. The number of likely N-dealkylation sites (N-methyl/N-ethyl adjacent to an activating group) is 1. The van der Waals surface area contributed by atoms with E-state index in [-0.39, 0.29) is 12.5 Å². The maximum atomic E-state index is 12.6. The summed E-state index contributed by atoms with van der Waals surface area (Å²) in [6, 6.07) is 26.0. The van der Waals surface area contributed by atoms with Crippen molar-refractivity contribution in [3.05, 3.63) is 84.4 Å². The van der Waals surface area contributed by atoms with E-state index in [1.54, 1.807) is 4.90 Å². The van der Waals surface area contributed by atoms with Crippen molar-refractivity contribution in [1.82, 2.24) is 4.90 Å². The molecule has 5 heteroatoms. The Morgan fingerprint density at radius 2 is 1.55 bits per heavy atom. The predicted octanol–water partition coefficient (Wildman–Crippen LogP) is 5.07. The summed E-state index contributed by atoms with van der Waals surface area (Å²) in [5.41, 5.74) is 4.42. The van der Waals surface area contributed by atoms with Crippen LogP contribution in [0.15, 0.2) is 78.9 Å². The fourth-order valence-corrected chi connectivity index (χ4v) is 3.83. The van der Waals surface area contributed by atoms with Gasteiger partial charge in [-0.05, 0) is 60.9 Å². The van der Waals surface area contributed by atoms with Gasteiger partial charge in [0.1, 0.15) is 5.75 Å². The maximum absolute atomic E-state index is 12.6. The first kappa shape index (κ1) is 20.8. The third-order valence-corrected chi connectivity index (χ3v) is 5.55. The Hall–Kier alpha value is -3.47. The second-order valence-corrected chi connectivity index (χ2v) is 7.88. The van der Waals surface area contributed by atoms with E-state index in [1.807, 2.05) is 67.7 Å². The van der Waals surface area contributed by atoms with Crippen LogP contribution in [-0.2, 0) is 11.3 Å². The van der Waals surface area contributed by atoms with Crippen molar-refractivity contribution in [3.63, 3.8) is 0 Å². The molecule has 1 saturated heterocycles. The van der Waals surface area contributed by atoms with Crippen LogP contribution in [0.25, 0.3) is 0 Å². The number of ether oxygens (including phenoxy) is 1. The largest absolute Gasteiger partial charge is 0.484 e. The fraction of sp³-hybridized carbons (Fsp3) is 0.269. The number of hydrogen-bond donors (Lipinski definition) is 1. The highest BCUT2D eigenvalue weighted by Gasteiger charge is 2.17. The molecule has 0 spiro atoms. The van der Waals surface area contributed by atoms with Crippen LogP contribution in [0.5, 0.6) is 5.75 Å². The monoisotopic (exact) mass is 415 g/mol. The Morgan fingerprint density at radius 1 is 0.903 bits per heavy atom. The SMILES string of the molecule is CN(Cc1ccccc1N1CCCC1)C(=O)COc1ccc(Nc2ccccc2)cc1. The summed E-state index contributed by atoms with van der Waals surface area (Å²) < 4.78 is 5.73. The molecule has 1 N–H and O–H groups in total. The molecule has 0 aliphatic carbocycles. The predicted molar refractivity (Wildman–Crippen MR) is 126 cm³/mol. The Bertz CT molecular complexity index is 983. The molecule has 1 aliphatic heterocycles. The zero-order valence-corrected chi connectivity index (χ0v) is 18.0. The van der Waals surface area contributed by atoms with Gasteiger partial charge in [0.2, 0.25) is 0 Å². The van der Waals surface area contributed by atoms with E-state index in [1.165, 1.54) is 24.1 Å². The van der Waals surface area contributed by atoms with Gasteiger partial charge in [-0.1, -0.05) is 36.4 Å². The fourth-order valence-electron chi connectivity index (χ4n) is 3.83. The van der Waals surface area contributed by atoms with Gasteiger partial charge in [-0.3, -0.25) is 4.79 Å². The minimum atomic E-state index is -0.0392. The topological polar surface area (TPSA) is 44.8 Å². The summed E-state index contributed by atoms with van der Waals surface area (Å²) in [7, 11) is 1.83. The van der Waals surface area contributed by atoms with E-state index in [0.29, 0.717) is 12.3 Å². The van der Waals surface area contributed by atoms with Crippen molar-refractivity contribution in [2.24, 2.45) is 0 Å². The van der Waals surface area contributed by atoms with Crippen LogP contribution in [0.3, 0.4) is 0 Å². The Labute approximate surface area is 184 Å². The minimum absolute atomic E-state index is 0.0217. The Balaban J connectivity index is 1.30. The molecule has 0 bridgehead atoms. The second-order valence-electron chi connectivity index (χ2n) is 7.88. The van der Waals surface area contributed by atoms with Gasteiger partial charge < -0.3 is 19.9 Å². The molecule has 3 aromatic carbocycles. The van der Waals surface area contributed by atoms with Crippen LogP contribution in [0.4, 0.5) is 17.1 Å². The third-order valence-electron chi connectivity index (χ3n) is 5.55. The van der Waals surface area contributed by atoms with Crippen LogP contribution in [0, 0.1) is 0 Å². The number of carbonyl (C=O) groups is 1. The highest BCUT2D eigenvalue weighted by Crippen LogP contribution is 2.25. The number of carbonyl (C=O) groups excluding carboxylic acids is 1. The summed E-state index contributed by atoms with van der Waals surface area (Å²) in [5, 5.41) is 3.34. The number of nitrogens with one attached hydrogen (secondary N) is 1. The molecule has 1 aliphatic rings. The van der Waals surface area contributed by atoms with Crippen molar-refractivity contribution in [2.45, 2.75) is 19.4 Å². The molecule has 0 aromatic heterocycles. The molecule has 1 fully saturated rings. The van der Waals surface area contributed by atoms with E-state index >= 15 is 0 Å². The molecule has 0 radical (unpaired) electrons. The average Bonchev–Trinajstić information content (AvgIpc) is 3.34. The molecule has 0 atom stereocenters. The van der Waals surface area contributed by atoms with E-state index in [4.69, 9.17) is 4.74 Å². The lowest BCUT2D eigenvalue weighted by atomic mass is 10.1. The molecular formula is C26H29N3O2. The molecular weight excluding hydrogens is 386 g/mol. The van der Waals surface area contributed by atoms with E-state index in [0.717, 1.165) is 24.5 Å². The first-order valence-electron chi connectivity index (χ1n) is 10.8. The average molecular weight is 416 g/mol. The van der Waals surface area contributed by atoms with Gasteiger partial charge in [-0.25, -0.2) is 0 Å². The van der Waals surface area contributed by atoms with Crippen molar-refractivity contribution in [1.29, 1.82) is 0 Å². The molecule has 31 heavy (non-hydrogen) atoms. The molecule has 0 saturated carbocycles. The van der Waals surface area contributed by atoms with E-state index < -0.39 is 0 Å². The van der Waals surface area contributed by atoms with Gasteiger partial charge in [0.05, 0.1) is 0 Å². The molecule has 3 aromatic rings. The summed E-state index contributed by atoms with van der Waals surface area (Å²) in [5.74, 6) is 0.639. The third kappa shape index (κ3) is 5.57. The van der Waals surface area contributed by atoms with Crippen LogP contribution >= 0.6 is 0 Å². The van der Waals surface area contributed by atoms with Crippen LogP contribution in [-0.4, -0.2) is 37.6 Å². The first-order chi connectivity index (χ1) is 15.2. The minimum Gasteiger partial charge on any atom is -0.484 e. The molecule has 4 rings (SSSR count). The highest BCUT2D eigenvalue weighted by molar-refractivity contribution is 5.77. The van der Waals surface area contributed by atoms with Gasteiger partial charge in [0.25, 0.3) is 5.91 Å². The maximum Gasteiger partial charge on any atom is 0.260 e. The first-order valence-corrected chi connectivity index (χ1v) is 10.8. The van der Waals surface area contributed by atoms with Crippen LogP contribution < -0.4 is 15.0 Å². The number of para-hydroxylation sites is 2. The van der Waals surface area contributed by atoms with Crippen LogP contribution in [0.2, 0.25) is 0 Å². The molecule has 160 valence electrons. The van der Waals surface area contributed by atoms with E-state index in [9.17, 15) is 4.79 Å². The Morgan fingerprint density at radius 3 is 2.29 bits per heavy atom. The number of amides is 1.